The summed E-state index contributed by atoms with van der Waals surface area (Å²) in [5.74, 6) is 0. The van der Waals surface area contributed by atoms with Crippen molar-refractivity contribution in [1.29, 1.82) is 0 Å². The number of hydrogen-bond acceptors (Lipinski definition) is 2. The van der Waals surface area contributed by atoms with Crippen LogP contribution in [0.3, 0.4) is 0 Å². The molecule has 0 aliphatic heterocycles. The number of amidine groups is 1. The maximum Gasteiger partial charge on any atom is 0.310 e. The van der Waals surface area contributed by atoms with Crippen molar-refractivity contribution >= 4 is 12.2 Å². The molecule has 0 aromatic rings. The predicted molar refractivity (Wildman–Crippen MR) is 39.2 cm³/mol. The normalized spacial score (nSPS) is 12.6. The van der Waals surface area contributed by atoms with E-state index >= 15 is 0 Å². The summed E-state index contributed by atoms with van der Waals surface area (Å²) in [7, 11) is 3.20. The highest BCUT2D eigenvalue weighted by Crippen LogP contribution is 1.79. The van der Waals surface area contributed by atoms with Crippen LogP contribution in [0.1, 0.15) is 13.3 Å². The highest BCUT2D eigenvalue weighted by molar-refractivity contribution is 5.82. The van der Waals surface area contributed by atoms with Crippen LogP contribution >= 0.6 is 0 Å². The number of ether oxygens (including phenoxy) is 1. The molecule has 0 amide bonds. The Morgan fingerprint density at radius 3 is 2.67 bits per heavy atom. The second-order valence-electron chi connectivity index (χ2n) is 1.43. The average Bonchev–Trinajstić information content (AvgIpc) is 1.91. The van der Waals surface area contributed by atoms with E-state index in [1.54, 1.807) is 20.4 Å². The molecule has 3 nitrogen and oxygen atoms in total. The summed E-state index contributed by atoms with van der Waals surface area (Å²) >= 11 is 0. The van der Waals surface area contributed by atoms with E-state index in [1.807, 2.05) is 6.92 Å². The van der Waals surface area contributed by atoms with Gasteiger partial charge in [-0.1, -0.05) is 6.92 Å². The maximum absolute atomic E-state index is 4.75. The molecule has 0 rings (SSSR count). The van der Waals surface area contributed by atoms with Gasteiger partial charge in [-0.25, -0.2) is 9.98 Å². The first-order chi connectivity index (χ1) is 4.35. The van der Waals surface area contributed by atoms with Crippen molar-refractivity contribution in [3.63, 3.8) is 0 Å². The van der Waals surface area contributed by atoms with Gasteiger partial charge in [0.1, 0.15) is 0 Å². The minimum Gasteiger partial charge on any atom is -0.467 e. The zero-order valence-corrected chi connectivity index (χ0v) is 6.09. The summed E-state index contributed by atoms with van der Waals surface area (Å²) in [5, 5.41) is 0. The van der Waals surface area contributed by atoms with Crippen LogP contribution in [-0.4, -0.2) is 26.4 Å². The maximum atomic E-state index is 4.75. The lowest BCUT2D eigenvalue weighted by atomic mass is 10.5. The molecule has 0 aliphatic rings. The lowest BCUT2D eigenvalue weighted by Crippen LogP contribution is -1.95. The first-order valence-corrected chi connectivity index (χ1v) is 2.88. The van der Waals surface area contributed by atoms with Crippen molar-refractivity contribution in [2.45, 2.75) is 13.3 Å². The van der Waals surface area contributed by atoms with Crippen molar-refractivity contribution < 1.29 is 4.74 Å². The first-order valence-electron chi connectivity index (χ1n) is 2.88. The van der Waals surface area contributed by atoms with Crippen LogP contribution in [-0.2, 0) is 4.74 Å². The third-order valence-electron chi connectivity index (χ3n) is 0.758. The van der Waals surface area contributed by atoms with Crippen LogP contribution in [0, 0.1) is 0 Å². The van der Waals surface area contributed by atoms with Gasteiger partial charge in [0.05, 0.1) is 7.11 Å². The summed E-state index contributed by atoms with van der Waals surface area (Å²) in [6.07, 6.45) is 2.66. The standard InChI is InChI=1S/C6H12N2O/c1-4-5-8-6(7-2)9-3/h5H,4H2,1-3H3/b7-6?,8-5-. The molecule has 0 aromatic heterocycles. The molecule has 0 saturated heterocycles. The Bertz CT molecular complexity index is 118. The molecule has 0 aromatic carbocycles. The summed E-state index contributed by atoms with van der Waals surface area (Å²) < 4.78 is 4.75. The number of hydrogen-bond donors (Lipinski definition) is 0. The van der Waals surface area contributed by atoms with Crippen molar-refractivity contribution in [2.75, 3.05) is 14.2 Å². The zero-order chi connectivity index (χ0) is 7.11. The van der Waals surface area contributed by atoms with Gasteiger partial charge in [-0.05, 0) is 6.42 Å². The van der Waals surface area contributed by atoms with E-state index in [4.69, 9.17) is 4.74 Å². The Morgan fingerprint density at radius 2 is 2.33 bits per heavy atom. The molecule has 0 saturated carbocycles. The fourth-order valence-corrected chi connectivity index (χ4v) is 0.371. The SMILES string of the molecule is CC/C=N\C(=NC)OC. The second kappa shape index (κ2) is 5.28. The van der Waals surface area contributed by atoms with Crippen molar-refractivity contribution in [1.82, 2.24) is 0 Å². The fraction of sp³-hybridized carbons (Fsp3) is 0.667. The van der Waals surface area contributed by atoms with Crippen molar-refractivity contribution in [2.24, 2.45) is 9.98 Å². The van der Waals surface area contributed by atoms with Gasteiger partial charge in [0, 0.05) is 13.3 Å². The van der Waals surface area contributed by atoms with Gasteiger partial charge < -0.3 is 4.74 Å². The van der Waals surface area contributed by atoms with Gasteiger partial charge in [0.25, 0.3) is 0 Å². The molecule has 0 aliphatic carbocycles. The molecule has 52 valence electrons. The summed E-state index contributed by atoms with van der Waals surface area (Å²) in [4.78, 5) is 7.62. The molecule has 0 N–H and O–H groups in total. The summed E-state index contributed by atoms with van der Waals surface area (Å²) in [5.41, 5.74) is 0. The van der Waals surface area contributed by atoms with Gasteiger partial charge in [0.15, 0.2) is 0 Å². The largest absolute Gasteiger partial charge is 0.467 e. The molecular weight excluding hydrogens is 116 g/mol. The van der Waals surface area contributed by atoms with E-state index in [2.05, 4.69) is 9.98 Å². The van der Waals surface area contributed by atoms with Gasteiger partial charge in [0.2, 0.25) is 0 Å². The van der Waals surface area contributed by atoms with Gasteiger partial charge >= 0.3 is 6.02 Å². The molecule has 0 spiro atoms. The van der Waals surface area contributed by atoms with Crippen molar-refractivity contribution in [3.05, 3.63) is 0 Å². The Morgan fingerprint density at radius 1 is 1.67 bits per heavy atom. The number of rotatable bonds is 1. The van der Waals surface area contributed by atoms with Gasteiger partial charge in [-0.3, -0.25) is 0 Å². The average molecular weight is 128 g/mol. The van der Waals surface area contributed by atoms with Crippen LogP contribution < -0.4 is 0 Å². The van der Waals surface area contributed by atoms with Crippen molar-refractivity contribution in [3.8, 4) is 0 Å². The van der Waals surface area contributed by atoms with Crippen LogP contribution in [0.25, 0.3) is 0 Å². The van der Waals surface area contributed by atoms with E-state index in [1.165, 1.54) is 0 Å². The Labute approximate surface area is 55.5 Å². The van der Waals surface area contributed by atoms with Crippen LogP contribution in [0.15, 0.2) is 9.98 Å². The lowest BCUT2D eigenvalue weighted by molar-refractivity contribution is 0.396. The lowest BCUT2D eigenvalue weighted by Gasteiger charge is -1.92. The van der Waals surface area contributed by atoms with Gasteiger partial charge in [-0.2, -0.15) is 0 Å². The highest BCUT2D eigenvalue weighted by atomic mass is 16.5. The number of methoxy groups -OCH3 is 1. The quantitative estimate of drug-likeness (QED) is 0.384. The summed E-state index contributed by atoms with van der Waals surface area (Å²) in [6.45, 7) is 2.01. The smallest absolute Gasteiger partial charge is 0.310 e. The van der Waals surface area contributed by atoms with Crippen LogP contribution in [0.5, 0.6) is 0 Å². The Kier molecular flexibility index (Phi) is 4.78. The molecule has 0 heterocycles. The topological polar surface area (TPSA) is 34.0 Å². The molecule has 0 fully saturated rings. The van der Waals surface area contributed by atoms with Crippen LogP contribution in [0.2, 0.25) is 0 Å². The van der Waals surface area contributed by atoms with E-state index < -0.39 is 0 Å². The Hall–Kier alpha value is -0.860. The molecule has 0 radical (unpaired) electrons. The first kappa shape index (κ1) is 8.14. The number of aliphatic imine (C=N–C) groups is 2. The minimum absolute atomic E-state index is 0.428. The molecular formula is C6H12N2O. The van der Waals surface area contributed by atoms with E-state index in [0.717, 1.165) is 6.42 Å². The fourth-order valence-electron chi connectivity index (χ4n) is 0.371. The molecule has 0 unspecified atom stereocenters. The molecule has 0 atom stereocenters. The monoisotopic (exact) mass is 128 g/mol. The molecule has 9 heavy (non-hydrogen) atoms. The van der Waals surface area contributed by atoms with Gasteiger partial charge in [-0.15, -0.1) is 0 Å². The summed E-state index contributed by atoms with van der Waals surface area (Å²) in [6, 6.07) is 0.428. The predicted octanol–water partition coefficient (Wildman–Crippen LogP) is 1.10. The second-order valence-corrected chi connectivity index (χ2v) is 1.43. The molecule has 3 heteroatoms. The zero-order valence-electron chi connectivity index (χ0n) is 6.09. The third kappa shape index (κ3) is 3.70. The minimum atomic E-state index is 0.428. The molecule has 0 bridgehead atoms. The van der Waals surface area contributed by atoms with E-state index in [0.29, 0.717) is 6.02 Å². The Balaban J connectivity index is 3.70. The van der Waals surface area contributed by atoms with E-state index in [9.17, 15) is 0 Å². The van der Waals surface area contributed by atoms with E-state index in [-0.39, 0.29) is 0 Å². The number of nitrogens with zero attached hydrogens (tertiary/aromatic N) is 2. The van der Waals surface area contributed by atoms with Crippen LogP contribution in [0.4, 0.5) is 0 Å². The highest BCUT2D eigenvalue weighted by Gasteiger charge is 1.85. The third-order valence-corrected chi connectivity index (χ3v) is 0.758.